The smallest absolute Gasteiger partial charge is 0.144 e. The van der Waals surface area contributed by atoms with Crippen LogP contribution in [0.4, 0.5) is 0 Å². The molecule has 2 rings (SSSR count). The summed E-state index contributed by atoms with van der Waals surface area (Å²) in [6.07, 6.45) is 0. The normalized spacial score (nSPS) is 19.6. The Labute approximate surface area is 92.9 Å². The number of hydrogen-bond donors (Lipinski definition) is 2. The molecule has 80 valence electrons. The molecule has 0 radical (unpaired) electrons. The molecule has 5 heteroatoms. The maximum absolute atomic E-state index is 5.60. The second kappa shape index (κ2) is 4.55. The molecule has 0 spiro atoms. The molecule has 1 aliphatic rings. The summed E-state index contributed by atoms with van der Waals surface area (Å²) in [5, 5.41) is 4.91. The van der Waals surface area contributed by atoms with Crippen LogP contribution in [0.3, 0.4) is 0 Å². The van der Waals surface area contributed by atoms with Crippen LogP contribution in [0, 0.1) is 6.92 Å². The second-order valence-corrected chi connectivity index (χ2v) is 4.49. The van der Waals surface area contributed by atoms with Crippen molar-refractivity contribution in [2.24, 2.45) is 10.8 Å². The van der Waals surface area contributed by atoms with Gasteiger partial charge >= 0.3 is 0 Å². The summed E-state index contributed by atoms with van der Waals surface area (Å²) in [7, 11) is 0. The number of nitrogens with one attached hydrogen (secondary N) is 1. The molecule has 1 aromatic rings. The lowest BCUT2D eigenvalue weighted by molar-refractivity contribution is 0.378. The number of benzene rings is 1. The number of hydrogen-bond acceptors (Lipinski definition) is 5. The average molecular weight is 223 g/mol. The first kappa shape index (κ1) is 10.3. The molecular formula is C10H13N3OS. The van der Waals surface area contributed by atoms with Gasteiger partial charge in [-0.1, -0.05) is 29.5 Å². The van der Waals surface area contributed by atoms with Crippen molar-refractivity contribution < 1.29 is 4.74 Å². The molecule has 1 unspecified atom stereocenters. The molecule has 0 bridgehead atoms. The van der Waals surface area contributed by atoms with E-state index < -0.39 is 0 Å². The fourth-order valence-corrected chi connectivity index (χ4v) is 1.81. The average Bonchev–Trinajstić information content (AvgIpc) is 2.64. The molecule has 1 heterocycles. The zero-order valence-corrected chi connectivity index (χ0v) is 9.25. The highest BCUT2D eigenvalue weighted by Gasteiger charge is 2.14. The number of ether oxygens (including phenoxy) is 1. The van der Waals surface area contributed by atoms with Crippen LogP contribution in [0.25, 0.3) is 0 Å². The van der Waals surface area contributed by atoms with Gasteiger partial charge in [0.05, 0.1) is 0 Å². The Kier molecular flexibility index (Phi) is 3.13. The zero-order chi connectivity index (χ0) is 10.7. The van der Waals surface area contributed by atoms with E-state index in [0.717, 1.165) is 10.8 Å². The Morgan fingerprint density at radius 3 is 2.80 bits per heavy atom. The van der Waals surface area contributed by atoms with Gasteiger partial charge in [-0.2, -0.15) is 5.10 Å². The molecule has 0 saturated heterocycles. The Morgan fingerprint density at radius 1 is 1.47 bits per heavy atom. The molecular weight excluding hydrogens is 210 g/mol. The maximum atomic E-state index is 5.60. The minimum absolute atomic E-state index is 0.137. The summed E-state index contributed by atoms with van der Waals surface area (Å²) in [6, 6.07) is 7.93. The van der Waals surface area contributed by atoms with Gasteiger partial charge in [0.1, 0.15) is 22.9 Å². The van der Waals surface area contributed by atoms with Gasteiger partial charge in [-0.05, 0) is 19.1 Å². The Morgan fingerprint density at radius 2 is 2.20 bits per heavy atom. The molecule has 1 atom stereocenters. The Hall–Kier alpha value is -1.20. The predicted octanol–water partition coefficient (Wildman–Crippen LogP) is 1.27. The summed E-state index contributed by atoms with van der Waals surface area (Å²) in [5.41, 5.74) is 9.44. The molecule has 4 nitrogen and oxygen atoms in total. The number of aryl methyl sites for hydroxylation is 1. The van der Waals surface area contributed by atoms with E-state index in [2.05, 4.69) is 10.5 Å². The lowest BCUT2D eigenvalue weighted by Gasteiger charge is -2.05. The molecule has 0 aliphatic carbocycles. The zero-order valence-electron chi connectivity index (χ0n) is 8.43. The van der Waals surface area contributed by atoms with Gasteiger partial charge in [-0.15, -0.1) is 0 Å². The number of nitrogens with zero attached hydrogens (tertiary/aromatic N) is 1. The van der Waals surface area contributed by atoms with E-state index in [9.17, 15) is 0 Å². The van der Waals surface area contributed by atoms with Gasteiger partial charge in [0.2, 0.25) is 0 Å². The van der Waals surface area contributed by atoms with E-state index in [-0.39, 0.29) is 5.50 Å². The van der Waals surface area contributed by atoms with E-state index in [1.807, 2.05) is 31.2 Å². The number of hydrazone groups is 1. The van der Waals surface area contributed by atoms with Crippen molar-refractivity contribution in [3.63, 3.8) is 0 Å². The van der Waals surface area contributed by atoms with Gasteiger partial charge in [-0.3, -0.25) is 5.43 Å². The Bertz CT molecular complexity index is 363. The van der Waals surface area contributed by atoms with Crippen molar-refractivity contribution in [1.82, 2.24) is 5.43 Å². The van der Waals surface area contributed by atoms with E-state index >= 15 is 0 Å². The molecule has 0 fully saturated rings. The standard InChI is InChI=1S/C10H13N3OS/c1-7-2-4-8(5-3-7)14-6-9-12-13-10(11)15-9/h2-5,10,13H,6,11H2,1H3. The molecule has 0 amide bonds. The molecule has 1 aromatic carbocycles. The van der Waals surface area contributed by atoms with Gasteiger partial charge in [0, 0.05) is 0 Å². The molecule has 1 aliphatic heterocycles. The SMILES string of the molecule is Cc1ccc(OCC2=NNC(N)S2)cc1. The topological polar surface area (TPSA) is 59.6 Å². The van der Waals surface area contributed by atoms with Crippen LogP contribution in [0.15, 0.2) is 29.4 Å². The molecule has 15 heavy (non-hydrogen) atoms. The minimum Gasteiger partial charge on any atom is -0.487 e. The largest absolute Gasteiger partial charge is 0.487 e. The minimum atomic E-state index is -0.137. The molecule has 0 saturated carbocycles. The summed E-state index contributed by atoms with van der Waals surface area (Å²) in [5.74, 6) is 0.851. The van der Waals surface area contributed by atoms with Crippen molar-refractivity contribution in [1.29, 1.82) is 0 Å². The van der Waals surface area contributed by atoms with Gasteiger partial charge in [-0.25, -0.2) is 0 Å². The molecule has 3 N–H and O–H groups in total. The van der Waals surface area contributed by atoms with Crippen molar-refractivity contribution in [3.8, 4) is 5.75 Å². The van der Waals surface area contributed by atoms with E-state index in [1.54, 1.807) is 0 Å². The third-order valence-corrected chi connectivity index (χ3v) is 2.80. The van der Waals surface area contributed by atoms with E-state index in [4.69, 9.17) is 10.5 Å². The predicted molar refractivity (Wildman–Crippen MR) is 62.8 cm³/mol. The van der Waals surface area contributed by atoms with Crippen molar-refractivity contribution >= 4 is 16.8 Å². The number of thioether (sulfide) groups is 1. The van der Waals surface area contributed by atoms with Gasteiger partial charge < -0.3 is 10.5 Å². The maximum Gasteiger partial charge on any atom is 0.144 e. The fraction of sp³-hybridized carbons (Fsp3) is 0.300. The van der Waals surface area contributed by atoms with E-state index in [1.165, 1.54) is 17.3 Å². The van der Waals surface area contributed by atoms with Crippen LogP contribution in [-0.2, 0) is 0 Å². The van der Waals surface area contributed by atoms with Crippen LogP contribution < -0.4 is 15.9 Å². The third-order valence-electron chi connectivity index (χ3n) is 1.96. The van der Waals surface area contributed by atoms with Crippen molar-refractivity contribution in [2.45, 2.75) is 12.4 Å². The number of nitrogens with two attached hydrogens (primary N) is 1. The highest BCUT2D eigenvalue weighted by Crippen LogP contribution is 2.16. The van der Waals surface area contributed by atoms with Crippen LogP contribution in [0.5, 0.6) is 5.75 Å². The highest BCUT2D eigenvalue weighted by atomic mass is 32.2. The van der Waals surface area contributed by atoms with Crippen molar-refractivity contribution in [2.75, 3.05) is 6.61 Å². The van der Waals surface area contributed by atoms with Gasteiger partial charge in [0.25, 0.3) is 0 Å². The lowest BCUT2D eigenvalue weighted by atomic mass is 10.2. The first-order valence-corrected chi connectivity index (χ1v) is 5.56. The quantitative estimate of drug-likeness (QED) is 0.810. The summed E-state index contributed by atoms with van der Waals surface area (Å²) < 4.78 is 5.55. The summed E-state index contributed by atoms with van der Waals surface area (Å²) in [4.78, 5) is 0. The first-order valence-electron chi connectivity index (χ1n) is 4.68. The first-order chi connectivity index (χ1) is 7.24. The van der Waals surface area contributed by atoms with Crippen LogP contribution in [0.2, 0.25) is 0 Å². The van der Waals surface area contributed by atoms with Crippen LogP contribution in [0.1, 0.15) is 5.56 Å². The second-order valence-electron chi connectivity index (χ2n) is 3.27. The highest BCUT2D eigenvalue weighted by molar-refractivity contribution is 8.14. The third kappa shape index (κ3) is 2.87. The molecule has 0 aromatic heterocycles. The van der Waals surface area contributed by atoms with Crippen LogP contribution in [-0.4, -0.2) is 17.1 Å². The van der Waals surface area contributed by atoms with Crippen LogP contribution >= 0.6 is 11.8 Å². The van der Waals surface area contributed by atoms with Crippen molar-refractivity contribution in [3.05, 3.63) is 29.8 Å². The lowest BCUT2D eigenvalue weighted by Crippen LogP contribution is -2.25. The van der Waals surface area contributed by atoms with Gasteiger partial charge in [0.15, 0.2) is 0 Å². The van der Waals surface area contributed by atoms with E-state index in [0.29, 0.717) is 6.61 Å². The fourth-order valence-electron chi connectivity index (χ4n) is 1.18. The summed E-state index contributed by atoms with van der Waals surface area (Å²) in [6.45, 7) is 2.51. The summed E-state index contributed by atoms with van der Waals surface area (Å²) >= 11 is 1.48. The monoisotopic (exact) mass is 223 g/mol. The Balaban J connectivity index is 1.86. The number of rotatable bonds is 3.